The molecule has 2 nitrogen and oxygen atoms in total. The summed E-state index contributed by atoms with van der Waals surface area (Å²) in [7, 11) is 0. The van der Waals surface area contributed by atoms with Crippen molar-refractivity contribution < 1.29 is 9.99 Å². The second-order valence-electron chi connectivity index (χ2n) is 2.28. The highest BCUT2D eigenvalue weighted by atomic mass is 16.6. The number of fused-ring (bicyclic) bond motifs is 1. The van der Waals surface area contributed by atoms with Crippen LogP contribution in [0.25, 0.3) is 6.08 Å². The third-order valence-electron chi connectivity index (χ3n) is 1.53. The normalized spacial score (nSPS) is 13.5. The molecule has 1 aromatic carbocycles. The summed E-state index contributed by atoms with van der Waals surface area (Å²) in [5.41, 5.74) is 1.09. The second kappa shape index (κ2) is 2.58. The molecule has 0 aliphatic carbocycles. The summed E-state index contributed by atoms with van der Waals surface area (Å²) >= 11 is 0. The zero-order valence-corrected chi connectivity index (χ0v) is 5.95. The quantitative estimate of drug-likeness (QED) is 0.553. The summed E-state index contributed by atoms with van der Waals surface area (Å²) in [5.74, 6) is 0.859. The Morgan fingerprint density at radius 2 is 2.09 bits per heavy atom. The Kier molecular flexibility index (Phi) is 1.44. The fourth-order valence-electron chi connectivity index (χ4n) is 1.000. The predicted octanol–water partition coefficient (Wildman–Crippen LogP) is 0.159. The molecule has 2 rings (SSSR count). The number of hydrogen-bond acceptors (Lipinski definition) is 1. The van der Waals surface area contributed by atoms with Crippen molar-refractivity contribution in [3.8, 4) is 5.75 Å². The van der Waals surface area contributed by atoms with E-state index in [0.29, 0.717) is 0 Å². The van der Waals surface area contributed by atoms with Crippen molar-refractivity contribution in [1.82, 2.24) is 0 Å². The topological polar surface area (TPSA) is 23.2 Å². The summed E-state index contributed by atoms with van der Waals surface area (Å²) in [6.07, 6.45) is 5.65. The zero-order valence-electron chi connectivity index (χ0n) is 5.95. The number of hydrogen-bond donors (Lipinski definition) is 1. The van der Waals surface area contributed by atoms with E-state index in [4.69, 9.17) is 4.84 Å². The summed E-state index contributed by atoms with van der Waals surface area (Å²) in [6, 6.07) is 7.86. The van der Waals surface area contributed by atoms with E-state index in [0.717, 1.165) is 11.3 Å². The molecule has 0 spiro atoms. The van der Waals surface area contributed by atoms with E-state index in [2.05, 4.69) is 5.16 Å². The molecule has 11 heavy (non-hydrogen) atoms. The summed E-state index contributed by atoms with van der Waals surface area (Å²) in [5, 5.41) is 2.69. The molecule has 1 heterocycles. The van der Waals surface area contributed by atoms with Crippen molar-refractivity contribution >= 4 is 12.3 Å². The van der Waals surface area contributed by atoms with Crippen LogP contribution >= 0.6 is 0 Å². The van der Waals surface area contributed by atoms with Crippen molar-refractivity contribution in [2.24, 2.45) is 0 Å². The van der Waals surface area contributed by atoms with Gasteiger partial charge in [0.05, 0.1) is 0 Å². The Morgan fingerprint density at radius 1 is 1.18 bits per heavy atom. The molecule has 0 amide bonds. The van der Waals surface area contributed by atoms with Gasteiger partial charge in [-0.25, -0.2) is 4.84 Å². The van der Waals surface area contributed by atoms with E-state index in [1.165, 1.54) is 0 Å². The molecule has 0 bridgehead atoms. The first kappa shape index (κ1) is 6.16. The van der Waals surface area contributed by atoms with E-state index >= 15 is 0 Å². The van der Waals surface area contributed by atoms with E-state index < -0.39 is 0 Å². The maximum atomic E-state index is 5.18. The average Bonchev–Trinajstić information content (AvgIpc) is 2.28. The monoisotopic (exact) mass is 146 g/mol. The molecule has 1 aliphatic rings. The lowest BCUT2D eigenvalue weighted by Crippen LogP contribution is -2.71. The van der Waals surface area contributed by atoms with Crippen LogP contribution in [-0.4, -0.2) is 6.21 Å². The highest BCUT2D eigenvalue weighted by Crippen LogP contribution is 2.17. The molecule has 1 aromatic rings. The molecule has 0 fully saturated rings. The molecule has 1 aliphatic heterocycles. The molecule has 0 atom stereocenters. The standard InChI is InChI=1S/C9H7NO/c1-2-6-9-8(4-1)5-3-7-10-11-9/h1-7H/p+1. The van der Waals surface area contributed by atoms with Gasteiger partial charge in [0, 0.05) is 11.6 Å². The molecule has 1 N–H and O–H groups in total. The first-order valence-corrected chi connectivity index (χ1v) is 3.48. The number of rotatable bonds is 0. The second-order valence-corrected chi connectivity index (χ2v) is 2.28. The van der Waals surface area contributed by atoms with Crippen LogP contribution in [0, 0.1) is 0 Å². The van der Waals surface area contributed by atoms with Gasteiger partial charge in [0.1, 0.15) is 0 Å². The van der Waals surface area contributed by atoms with Gasteiger partial charge in [-0.05, 0) is 17.3 Å². The van der Waals surface area contributed by atoms with Crippen LogP contribution in [0.15, 0.2) is 30.3 Å². The first-order valence-electron chi connectivity index (χ1n) is 3.48. The van der Waals surface area contributed by atoms with Gasteiger partial charge in [0.2, 0.25) is 12.0 Å². The average molecular weight is 146 g/mol. The van der Waals surface area contributed by atoms with E-state index in [1.54, 1.807) is 6.21 Å². The largest absolute Gasteiger partial charge is 0.239 e. The van der Waals surface area contributed by atoms with Gasteiger partial charge in [0.25, 0.3) is 0 Å². The van der Waals surface area contributed by atoms with Gasteiger partial charge >= 0.3 is 0 Å². The fourth-order valence-corrected chi connectivity index (χ4v) is 1.000. The van der Waals surface area contributed by atoms with Crippen LogP contribution in [-0.2, 0) is 0 Å². The number of benzene rings is 1. The molecule has 0 saturated heterocycles. The molecule has 54 valence electrons. The van der Waals surface area contributed by atoms with E-state index in [9.17, 15) is 0 Å². The molecule has 0 aromatic heterocycles. The summed E-state index contributed by atoms with van der Waals surface area (Å²) in [6.45, 7) is 0. The molecular formula is C9H8NO+. The van der Waals surface area contributed by atoms with Crippen molar-refractivity contribution in [3.63, 3.8) is 0 Å². The van der Waals surface area contributed by atoms with Crippen LogP contribution in [0.1, 0.15) is 5.56 Å². The summed E-state index contributed by atoms with van der Waals surface area (Å²) < 4.78 is 0. The minimum Gasteiger partial charge on any atom is -0.239 e. The Balaban J connectivity index is 2.52. The Bertz CT molecular complexity index is 315. The minimum atomic E-state index is 0.859. The van der Waals surface area contributed by atoms with E-state index in [1.807, 2.05) is 36.4 Å². The van der Waals surface area contributed by atoms with Gasteiger partial charge in [-0.1, -0.05) is 18.2 Å². The lowest BCUT2D eigenvalue weighted by Gasteiger charge is -1.94. The Morgan fingerprint density at radius 3 is 3.09 bits per heavy atom. The minimum absolute atomic E-state index is 0.859. The highest BCUT2D eigenvalue weighted by Gasteiger charge is 2.02. The lowest BCUT2D eigenvalue weighted by molar-refractivity contribution is -0.699. The SMILES string of the molecule is C1=Cc2ccccc2O[NH+]=C1. The Labute approximate surface area is 64.8 Å². The van der Waals surface area contributed by atoms with Gasteiger partial charge in [0.15, 0.2) is 0 Å². The number of nitrogens with one attached hydrogen (secondary N) is 1. The number of allylic oxidation sites excluding steroid dienone is 1. The third kappa shape index (κ3) is 1.15. The maximum Gasteiger partial charge on any atom is 0.213 e. The molecular weight excluding hydrogens is 138 g/mol. The van der Waals surface area contributed by atoms with Gasteiger partial charge in [-0.15, -0.1) is 0 Å². The van der Waals surface area contributed by atoms with Crippen LogP contribution in [0.2, 0.25) is 0 Å². The zero-order chi connectivity index (χ0) is 7.52. The van der Waals surface area contributed by atoms with Crippen molar-refractivity contribution in [2.45, 2.75) is 0 Å². The Hall–Kier alpha value is -1.57. The molecule has 0 saturated carbocycles. The van der Waals surface area contributed by atoms with Crippen molar-refractivity contribution in [2.75, 3.05) is 0 Å². The first-order chi connectivity index (χ1) is 5.47. The maximum absolute atomic E-state index is 5.18. The van der Waals surface area contributed by atoms with Crippen molar-refractivity contribution in [3.05, 3.63) is 35.9 Å². The fraction of sp³-hybridized carbons (Fsp3) is 0. The summed E-state index contributed by atoms with van der Waals surface area (Å²) in [4.78, 5) is 5.18. The molecule has 0 radical (unpaired) electrons. The third-order valence-corrected chi connectivity index (χ3v) is 1.53. The highest BCUT2D eigenvalue weighted by molar-refractivity contribution is 5.76. The van der Waals surface area contributed by atoms with Crippen LogP contribution < -0.4 is 9.99 Å². The van der Waals surface area contributed by atoms with Gasteiger partial charge < -0.3 is 0 Å². The van der Waals surface area contributed by atoms with Crippen LogP contribution in [0.4, 0.5) is 0 Å². The van der Waals surface area contributed by atoms with Crippen LogP contribution in [0.3, 0.4) is 0 Å². The predicted molar refractivity (Wildman–Crippen MR) is 43.1 cm³/mol. The van der Waals surface area contributed by atoms with Gasteiger partial charge in [-0.3, -0.25) is 0 Å². The van der Waals surface area contributed by atoms with Gasteiger partial charge in [-0.2, -0.15) is 0 Å². The smallest absolute Gasteiger partial charge is 0.213 e. The van der Waals surface area contributed by atoms with E-state index in [-0.39, 0.29) is 0 Å². The molecule has 0 unspecified atom stereocenters. The number of para-hydroxylation sites is 1. The molecule has 2 heteroatoms. The van der Waals surface area contributed by atoms with Crippen LogP contribution in [0.5, 0.6) is 5.75 Å². The van der Waals surface area contributed by atoms with Crippen molar-refractivity contribution in [1.29, 1.82) is 0 Å². The lowest BCUT2D eigenvalue weighted by atomic mass is 10.2.